The molecule has 0 aromatic heterocycles. The van der Waals surface area contributed by atoms with E-state index in [2.05, 4.69) is 5.43 Å². The van der Waals surface area contributed by atoms with Crippen LogP contribution in [-0.2, 0) is 14.6 Å². The second-order valence-corrected chi connectivity index (χ2v) is 7.14. The first-order valence-corrected chi connectivity index (χ1v) is 7.76. The first kappa shape index (κ1) is 15.1. The molecule has 0 spiro atoms. The van der Waals surface area contributed by atoms with Gasteiger partial charge in [0.1, 0.15) is 21.6 Å². The minimum absolute atomic E-state index is 0.0851. The van der Waals surface area contributed by atoms with E-state index in [1.165, 1.54) is 0 Å². The predicted octanol–water partition coefficient (Wildman–Crippen LogP) is -0.316. The van der Waals surface area contributed by atoms with Crippen molar-refractivity contribution in [2.24, 2.45) is 5.73 Å². The van der Waals surface area contributed by atoms with Crippen LogP contribution in [0.1, 0.15) is 12.8 Å². The molecular weight excluding hydrogens is 299 g/mol. The molecule has 1 atom stereocenters. The lowest BCUT2D eigenvalue weighted by Crippen LogP contribution is -2.54. The molecule has 0 radical (unpaired) electrons. The van der Waals surface area contributed by atoms with Gasteiger partial charge in [-0.05, 0) is 18.9 Å². The molecule has 0 aromatic rings. The number of hydrogen-bond acceptors (Lipinski definition) is 5. The third-order valence-corrected chi connectivity index (χ3v) is 5.11. The zero-order chi connectivity index (χ0) is 15.1. The lowest BCUT2D eigenvalue weighted by Gasteiger charge is -2.35. The Morgan fingerprint density at radius 1 is 1.35 bits per heavy atom. The Morgan fingerprint density at radius 2 is 1.90 bits per heavy atom. The normalized spacial score (nSPS) is 27.9. The maximum atomic E-state index is 13.0. The van der Waals surface area contributed by atoms with Crippen LogP contribution in [0.3, 0.4) is 0 Å². The number of primary amides is 1. The Hall–Kier alpha value is -1.29. The molecule has 3 N–H and O–H groups in total. The van der Waals surface area contributed by atoms with Crippen molar-refractivity contribution < 1.29 is 26.4 Å². The number of hydrazine groups is 1. The maximum Gasteiger partial charge on any atom is 0.409 e. The average molecular weight is 313 g/mol. The largest absolute Gasteiger partial charge is 0.409 e. The summed E-state index contributed by atoms with van der Waals surface area (Å²) in [6.07, 6.45) is -3.67. The molecular formula is C10H14F3N3O3S. The van der Waals surface area contributed by atoms with Gasteiger partial charge in [-0.3, -0.25) is 4.79 Å². The fourth-order valence-electron chi connectivity index (χ4n) is 2.35. The van der Waals surface area contributed by atoms with E-state index in [1.54, 1.807) is 0 Å². The van der Waals surface area contributed by atoms with Gasteiger partial charge in [-0.15, -0.1) is 0 Å². The second kappa shape index (κ2) is 4.92. The third-order valence-electron chi connectivity index (χ3n) is 3.39. The van der Waals surface area contributed by atoms with E-state index in [0.717, 1.165) is 11.1 Å². The van der Waals surface area contributed by atoms with E-state index >= 15 is 0 Å². The number of amides is 1. The van der Waals surface area contributed by atoms with Crippen molar-refractivity contribution >= 4 is 15.7 Å². The van der Waals surface area contributed by atoms with Crippen molar-refractivity contribution in [1.29, 1.82) is 0 Å². The number of nitrogens with two attached hydrogens (primary N) is 1. The third kappa shape index (κ3) is 3.06. The quantitative estimate of drug-likeness (QED) is 0.729. The molecule has 0 saturated carbocycles. The lowest BCUT2D eigenvalue weighted by molar-refractivity contribution is -0.178. The molecule has 6 nitrogen and oxygen atoms in total. The summed E-state index contributed by atoms with van der Waals surface area (Å²) in [5, 5.41) is 0.884. The number of halogens is 3. The van der Waals surface area contributed by atoms with E-state index in [9.17, 15) is 26.4 Å². The van der Waals surface area contributed by atoms with Gasteiger partial charge < -0.3 is 11.2 Å². The zero-order valence-corrected chi connectivity index (χ0v) is 11.2. The number of hydrogen-bond donors (Lipinski definition) is 2. The van der Waals surface area contributed by atoms with Gasteiger partial charge in [0.15, 0.2) is 0 Å². The number of nitrogens with zero attached hydrogens (tertiary/aromatic N) is 1. The first-order valence-electron chi connectivity index (χ1n) is 5.94. The smallest absolute Gasteiger partial charge is 0.364 e. The summed E-state index contributed by atoms with van der Waals surface area (Å²) in [5.74, 6) is -1.30. The van der Waals surface area contributed by atoms with Gasteiger partial charge in [0.2, 0.25) is 0 Å². The van der Waals surface area contributed by atoms with Crippen LogP contribution >= 0.6 is 0 Å². The monoisotopic (exact) mass is 313 g/mol. The van der Waals surface area contributed by atoms with E-state index in [-0.39, 0.29) is 30.0 Å². The molecule has 2 aliphatic heterocycles. The summed E-state index contributed by atoms with van der Waals surface area (Å²) in [5.41, 5.74) is 7.01. The topological polar surface area (TPSA) is 92.5 Å². The average Bonchev–Trinajstić information content (AvgIpc) is 2.73. The fraction of sp³-hybridized carbons (Fsp3) is 0.700. The van der Waals surface area contributed by atoms with Crippen LogP contribution in [0.4, 0.5) is 13.2 Å². The molecule has 20 heavy (non-hydrogen) atoms. The molecule has 114 valence electrons. The highest BCUT2D eigenvalue weighted by atomic mass is 32.2. The minimum Gasteiger partial charge on any atom is -0.364 e. The van der Waals surface area contributed by atoms with Crippen molar-refractivity contribution in [3.63, 3.8) is 0 Å². The molecule has 2 rings (SSSR count). The van der Waals surface area contributed by atoms with Crippen molar-refractivity contribution in [2.75, 3.05) is 11.5 Å². The van der Waals surface area contributed by atoms with Crippen molar-refractivity contribution in [1.82, 2.24) is 10.4 Å². The van der Waals surface area contributed by atoms with E-state index < -0.39 is 34.0 Å². The lowest BCUT2D eigenvalue weighted by atomic mass is 10.1. The maximum absolute atomic E-state index is 13.0. The van der Waals surface area contributed by atoms with E-state index in [0.29, 0.717) is 0 Å². The summed E-state index contributed by atoms with van der Waals surface area (Å²) in [6, 6.07) is -2.59. The fourth-order valence-corrected chi connectivity index (χ4v) is 3.81. The van der Waals surface area contributed by atoms with Gasteiger partial charge >= 0.3 is 6.18 Å². The van der Waals surface area contributed by atoms with Crippen LogP contribution in [0.15, 0.2) is 11.8 Å². The van der Waals surface area contributed by atoms with Gasteiger partial charge in [-0.2, -0.15) is 13.2 Å². The summed E-state index contributed by atoms with van der Waals surface area (Å²) >= 11 is 0. The first-order chi connectivity index (χ1) is 9.10. The van der Waals surface area contributed by atoms with Crippen LogP contribution < -0.4 is 11.2 Å². The molecule has 1 saturated heterocycles. The van der Waals surface area contributed by atoms with Crippen molar-refractivity contribution in [3.8, 4) is 0 Å². The minimum atomic E-state index is -4.57. The number of alkyl halides is 3. The van der Waals surface area contributed by atoms with Crippen LogP contribution in [0.25, 0.3) is 0 Å². The zero-order valence-electron chi connectivity index (χ0n) is 10.4. The Morgan fingerprint density at radius 3 is 2.35 bits per heavy atom. The summed E-state index contributed by atoms with van der Waals surface area (Å²) in [4.78, 5) is 11.0. The van der Waals surface area contributed by atoms with E-state index in [1.807, 2.05) is 0 Å². The molecule has 1 fully saturated rings. The van der Waals surface area contributed by atoms with Gasteiger partial charge in [-0.25, -0.2) is 13.4 Å². The summed E-state index contributed by atoms with van der Waals surface area (Å²) in [7, 11) is -3.17. The van der Waals surface area contributed by atoms with Crippen LogP contribution in [0, 0.1) is 0 Å². The molecule has 10 heteroatoms. The Balaban J connectivity index is 2.17. The number of carbonyl (C=O) groups is 1. The van der Waals surface area contributed by atoms with Gasteiger partial charge in [0, 0.05) is 6.04 Å². The summed E-state index contributed by atoms with van der Waals surface area (Å²) in [6.45, 7) is 0. The van der Waals surface area contributed by atoms with Crippen molar-refractivity contribution in [3.05, 3.63) is 11.8 Å². The second-order valence-electron chi connectivity index (χ2n) is 4.83. The highest BCUT2D eigenvalue weighted by Crippen LogP contribution is 2.32. The highest BCUT2D eigenvalue weighted by molar-refractivity contribution is 7.91. The highest BCUT2D eigenvalue weighted by Gasteiger charge is 2.49. The number of carbonyl (C=O) groups excluding carboxylic acids is 1. The van der Waals surface area contributed by atoms with Gasteiger partial charge in [0.05, 0.1) is 11.5 Å². The predicted molar refractivity (Wildman–Crippen MR) is 63.8 cm³/mol. The van der Waals surface area contributed by atoms with Crippen LogP contribution in [-0.4, -0.2) is 49.1 Å². The Kier molecular flexibility index (Phi) is 3.71. The molecule has 2 heterocycles. The standard InChI is InChI=1S/C10H14F3N3O3S/c11-10(12,13)8-5-7(9(14)17)15-16(8)6-1-3-20(18,19)4-2-6/h5-6,8,15H,1-4H2,(H2,14,17). The summed E-state index contributed by atoms with van der Waals surface area (Å²) < 4.78 is 61.5. The van der Waals surface area contributed by atoms with Gasteiger partial charge in [0.25, 0.3) is 5.91 Å². The molecule has 2 aliphatic rings. The van der Waals surface area contributed by atoms with Crippen LogP contribution in [0.5, 0.6) is 0 Å². The molecule has 1 unspecified atom stereocenters. The van der Waals surface area contributed by atoms with E-state index in [4.69, 9.17) is 5.73 Å². The van der Waals surface area contributed by atoms with Crippen molar-refractivity contribution in [2.45, 2.75) is 31.1 Å². The number of nitrogens with one attached hydrogen (secondary N) is 1. The number of sulfone groups is 1. The molecule has 1 amide bonds. The Labute approximate surface area is 113 Å². The van der Waals surface area contributed by atoms with Crippen LogP contribution in [0.2, 0.25) is 0 Å². The Bertz CT molecular complexity index is 530. The molecule has 0 aliphatic carbocycles. The van der Waals surface area contributed by atoms with Gasteiger partial charge in [-0.1, -0.05) is 0 Å². The number of rotatable bonds is 2. The SMILES string of the molecule is NC(=O)C1=CC(C(F)(F)F)N(C2CCS(=O)(=O)CC2)N1. The molecule has 0 bridgehead atoms. The molecule has 0 aromatic carbocycles.